The fraction of sp³-hybridized carbons (Fsp3) is 0.500. The zero-order valence-corrected chi connectivity index (χ0v) is 11.8. The molecule has 20 heavy (non-hydrogen) atoms. The van der Waals surface area contributed by atoms with Crippen LogP contribution in [0.5, 0.6) is 0 Å². The number of rotatable bonds is 7. The van der Waals surface area contributed by atoms with Crippen LogP contribution in [-0.4, -0.2) is 36.3 Å². The Hall–Kier alpha value is -1.84. The van der Waals surface area contributed by atoms with E-state index in [9.17, 15) is 9.59 Å². The van der Waals surface area contributed by atoms with Gasteiger partial charge in [0.15, 0.2) is 0 Å². The molecular formula is C16H22N2O2. The first kappa shape index (κ1) is 14.6. The standard InChI is InChI=1S/C16H22N2O2/c19-15(10-9-14-6-2-1-3-7-14)17-11-5-13-18-12-4-8-16(18)20/h1-3,6-7H,4-5,8-13H2,(H,17,19). The zero-order valence-electron chi connectivity index (χ0n) is 11.8. The van der Waals surface area contributed by atoms with Crippen molar-refractivity contribution in [1.29, 1.82) is 0 Å². The molecule has 1 aliphatic rings. The Morgan fingerprint density at radius 3 is 2.75 bits per heavy atom. The molecule has 1 N–H and O–H groups in total. The smallest absolute Gasteiger partial charge is 0.222 e. The summed E-state index contributed by atoms with van der Waals surface area (Å²) in [6.45, 7) is 2.29. The van der Waals surface area contributed by atoms with Gasteiger partial charge in [-0.3, -0.25) is 9.59 Å². The van der Waals surface area contributed by atoms with Gasteiger partial charge in [-0.1, -0.05) is 30.3 Å². The van der Waals surface area contributed by atoms with E-state index in [1.54, 1.807) is 0 Å². The summed E-state index contributed by atoms with van der Waals surface area (Å²) >= 11 is 0. The maximum atomic E-state index is 11.7. The molecule has 4 nitrogen and oxygen atoms in total. The van der Waals surface area contributed by atoms with Crippen molar-refractivity contribution < 1.29 is 9.59 Å². The monoisotopic (exact) mass is 274 g/mol. The van der Waals surface area contributed by atoms with Crippen LogP contribution in [0, 0.1) is 0 Å². The normalized spacial score (nSPS) is 14.6. The van der Waals surface area contributed by atoms with Gasteiger partial charge >= 0.3 is 0 Å². The summed E-state index contributed by atoms with van der Waals surface area (Å²) in [4.78, 5) is 25.0. The summed E-state index contributed by atoms with van der Waals surface area (Å²) in [7, 11) is 0. The van der Waals surface area contributed by atoms with Gasteiger partial charge in [0.05, 0.1) is 0 Å². The maximum absolute atomic E-state index is 11.7. The predicted octanol–water partition coefficient (Wildman–Crippen LogP) is 1.75. The van der Waals surface area contributed by atoms with Crippen molar-refractivity contribution in [1.82, 2.24) is 10.2 Å². The van der Waals surface area contributed by atoms with Gasteiger partial charge in [-0.05, 0) is 24.8 Å². The van der Waals surface area contributed by atoms with E-state index >= 15 is 0 Å². The third kappa shape index (κ3) is 4.68. The molecule has 1 aromatic carbocycles. The van der Waals surface area contributed by atoms with E-state index in [1.165, 1.54) is 5.56 Å². The first-order chi connectivity index (χ1) is 9.75. The first-order valence-corrected chi connectivity index (χ1v) is 7.34. The molecule has 1 aromatic rings. The van der Waals surface area contributed by atoms with Gasteiger partial charge in [-0.15, -0.1) is 0 Å². The van der Waals surface area contributed by atoms with E-state index in [0.29, 0.717) is 19.4 Å². The minimum Gasteiger partial charge on any atom is -0.356 e. The summed E-state index contributed by atoms with van der Waals surface area (Å²) < 4.78 is 0. The van der Waals surface area contributed by atoms with Crippen LogP contribution in [-0.2, 0) is 16.0 Å². The number of carbonyl (C=O) groups excluding carboxylic acids is 2. The molecule has 0 spiro atoms. The summed E-state index contributed by atoms with van der Waals surface area (Å²) in [6.07, 6.45) is 3.79. The highest BCUT2D eigenvalue weighted by atomic mass is 16.2. The quantitative estimate of drug-likeness (QED) is 0.770. The van der Waals surface area contributed by atoms with Crippen LogP contribution in [0.25, 0.3) is 0 Å². The van der Waals surface area contributed by atoms with Crippen molar-refractivity contribution in [2.24, 2.45) is 0 Å². The van der Waals surface area contributed by atoms with Crippen LogP contribution >= 0.6 is 0 Å². The van der Waals surface area contributed by atoms with E-state index in [-0.39, 0.29) is 11.8 Å². The average molecular weight is 274 g/mol. The van der Waals surface area contributed by atoms with E-state index in [0.717, 1.165) is 32.4 Å². The van der Waals surface area contributed by atoms with Gasteiger partial charge in [0, 0.05) is 32.5 Å². The highest BCUT2D eigenvalue weighted by molar-refractivity contribution is 5.78. The lowest BCUT2D eigenvalue weighted by atomic mass is 10.1. The largest absolute Gasteiger partial charge is 0.356 e. The minimum atomic E-state index is 0.0848. The number of aryl methyl sites for hydroxylation is 1. The molecule has 1 aliphatic heterocycles. The zero-order chi connectivity index (χ0) is 14.2. The van der Waals surface area contributed by atoms with Crippen LogP contribution in [0.1, 0.15) is 31.2 Å². The van der Waals surface area contributed by atoms with E-state index < -0.39 is 0 Å². The lowest BCUT2D eigenvalue weighted by Crippen LogP contribution is -2.30. The predicted molar refractivity (Wildman–Crippen MR) is 78.2 cm³/mol. The molecule has 4 heteroatoms. The SMILES string of the molecule is O=C(CCc1ccccc1)NCCCN1CCCC1=O. The van der Waals surface area contributed by atoms with Gasteiger partial charge in [0.2, 0.25) is 11.8 Å². The van der Waals surface area contributed by atoms with E-state index in [1.807, 2.05) is 35.2 Å². The Morgan fingerprint density at radius 2 is 2.05 bits per heavy atom. The van der Waals surface area contributed by atoms with Crippen molar-refractivity contribution in [3.63, 3.8) is 0 Å². The molecule has 0 saturated carbocycles. The second-order valence-electron chi connectivity index (χ2n) is 5.17. The average Bonchev–Trinajstić information content (AvgIpc) is 2.88. The Bertz CT molecular complexity index is 445. The van der Waals surface area contributed by atoms with Crippen molar-refractivity contribution in [3.05, 3.63) is 35.9 Å². The lowest BCUT2D eigenvalue weighted by Gasteiger charge is -2.15. The molecule has 0 atom stereocenters. The highest BCUT2D eigenvalue weighted by Crippen LogP contribution is 2.09. The van der Waals surface area contributed by atoms with Crippen LogP contribution in [0.15, 0.2) is 30.3 Å². The van der Waals surface area contributed by atoms with Gasteiger partial charge < -0.3 is 10.2 Å². The molecular weight excluding hydrogens is 252 g/mol. The summed E-state index contributed by atoms with van der Waals surface area (Å²) in [5.41, 5.74) is 1.19. The third-order valence-electron chi connectivity index (χ3n) is 3.58. The van der Waals surface area contributed by atoms with Gasteiger partial charge in [-0.25, -0.2) is 0 Å². The topological polar surface area (TPSA) is 49.4 Å². The Labute approximate surface area is 120 Å². The minimum absolute atomic E-state index is 0.0848. The van der Waals surface area contributed by atoms with Crippen LogP contribution in [0.4, 0.5) is 0 Å². The molecule has 1 heterocycles. The summed E-state index contributed by atoms with van der Waals surface area (Å²) in [5, 5.41) is 2.91. The van der Waals surface area contributed by atoms with Crippen molar-refractivity contribution in [2.75, 3.05) is 19.6 Å². The van der Waals surface area contributed by atoms with Gasteiger partial charge in [0.1, 0.15) is 0 Å². The molecule has 2 rings (SSSR count). The fourth-order valence-electron chi connectivity index (χ4n) is 2.43. The molecule has 108 valence electrons. The molecule has 0 unspecified atom stereocenters. The number of carbonyl (C=O) groups is 2. The van der Waals surface area contributed by atoms with Crippen LogP contribution in [0.2, 0.25) is 0 Å². The molecule has 0 aromatic heterocycles. The van der Waals surface area contributed by atoms with Gasteiger partial charge in [-0.2, -0.15) is 0 Å². The van der Waals surface area contributed by atoms with Crippen LogP contribution in [0.3, 0.4) is 0 Å². The Morgan fingerprint density at radius 1 is 1.25 bits per heavy atom. The second kappa shape index (κ2) is 7.68. The first-order valence-electron chi connectivity index (χ1n) is 7.34. The molecule has 0 bridgehead atoms. The molecule has 1 saturated heterocycles. The Balaban J connectivity index is 1.55. The Kier molecular flexibility index (Phi) is 5.59. The number of nitrogens with one attached hydrogen (secondary N) is 1. The number of hydrogen-bond acceptors (Lipinski definition) is 2. The number of hydrogen-bond donors (Lipinski definition) is 1. The molecule has 0 aliphatic carbocycles. The van der Waals surface area contributed by atoms with E-state index in [2.05, 4.69) is 5.32 Å². The van der Waals surface area contributed by atoms with Crippen molar-refractivity contribution in [3.8, 4) is 0 Å². The third-order valence-corrected chi connectivity index (χ3v) is 3.58. The second-order valence-corrected chi connectivity index (χ2v) is 5.17. The highest BCUT2D eigenvalue weighted by Gasteiger charge is 2.18. The maximum Gasteiger partial charge on any atom is 0.222 e. The van der Waals surface area contributed by atoms with Crippen molar-refractivity contribution in [2.45, 2.75) is 32.1 Å². The van der Waals surface area contributed by atoms with Crippen molar-refractivity contribution >= 4 is 11.8 Å². The molecule has 1 fully saturated rings. The summed E-state index contributed by atoms with van der Waals surface area (Å²) in [6, 6.07) is 10.0. The van der Waals surface area contributed by atoms with Crippen LogP contribution < -0.4 is 5.32 Å². The number of amides is 2. The van der Waals surface area contributed by atoms with Gasteiger partial charge in [0.25, 0.3) is 0 Å². The molecule has 2 amide bonds. The lowest BCUT2D eigenvalue weighted by molar-refractivity contribution is -0.127. The number of likely N-dealkylation sites (tertiary alicyclic amines) is 1. The summed E-state index contributed by atoms with van der Waals surface area (Å²) in [5.74, 6) is 0.335. The fourth-order valence-corrected chi connectivity index (χ4v) is 2.43. The van der Waals surface area contributed by atoms with E-state index in [4.69, 9.17) is 0 Å². The molecule has 0 radical (unpaired) electrons. The number of benzene rings is 1. The number of nitrogens with zero attached hydrogens (tertiary/aromatic N) is 1.